The quantitative estimate of drug-likeness (QED) is 0.364. The Labute approximate surface area is 195 Å². The van der Waals surface area contributed by atoms with Crippen LogP contribution < -0.4 is 0 Å². The van der Waals surface area contributed by atoms with Gasteiger partial charge in [-0.05, 0) is 61.0 Å². The van der Waals surface area contributed by atoms with Crippen molar-refractivity contribution < 1.29 is 0 Å². The molecular weight excluding hydrogens is 412 g/mol. The third-order valence-corrected chi connectivity index (χ3v) is 8.97. The molecule has 158 valence electrons. The molecule has 0 aromatic heterocycles. The van der Waals surface area contributed by atoms with E-state index in [9.17, 15) is 0 Å². The van der Waals surface area contributed by atoms with Gasteiger partial charge in [-0.15, -0.1) is 23.5 Å². The molecule has 1 aliphatic heterocycles. The second-order valence-corrected chi connectivity index (χ2v) is 11.2. The summed E-state index contributed by atoms with van der Waals surface area (Å²) in [4.78, 5) is 0. The van der Waals surface area contributed by atoms with Crippen LogP contribution in [0.1, 0.15) is 39.8 Å². The van der Waals surface area contributed by atoms with Crippen molar-refractivity contribution in [1.29, 1.82) is 0 Å². The Bertz CT molecular complexity index is 1000. The van der Waals surface area contributed by atoms with Gasteiger partial charge in [0.15, 0.2) is 0 Å². The smallest absolute Gasteiger partial charge is 0.105 e. The third-order valence-electron chi connectivity index (χ3n) is 5.68. The van der Waals surface area contributed by atoms with E-state index in [1.165, 1.54) is 56.9 Å². The molecule has 0 unspecified atom stereocenters. The van der Waals surface area contributed by atoms with E-state index in [4.69, 9.17) is 0 Å². The highest BCUT2D eigenvalue weighted by Crippen LogP contribution is 2.51. The van der Waals surface area contributed by atoms with Gasteiger partial charge in [0.25, 0.3) is 0 Å². The molecule has 0 nitrogen and oxygen atoms in total. The summed E-state index contributed by atoms with van der Waals surface area (Å²) in [5.41, 5.74) is 9.06. The second kappa shape index (κ2) is 9.97. The lowest BCUT2D eigenvalue weighted by molar-refractivity contribution is 1.03. The fraction of sp³-hybridized carbons (Fsp3) is 0.241. The minimum Gasteiger partial charge on any atom is -0.135 e. The summed E-state index contributed by atoms with van der Waals surface area (Å²) in [5.74, 6) is 2.41. The van der Waals surface area contributed by atoms with Crippen LogP contribution in [0.15, 0.2) is 91.0 Å². The topological polar surface area (TPSA) is 0 Å². The first-order valence-electron chi connectivity index (χ1n) is 10.9. The number of benzene rings is 3. The summed E-state index contributed by atoms with van der Waals surface area (Å²) in [6.45, 7) is 6.44. The highest BCUT2D eigenvalue weighted by Gasteiger charge is 2.32. The summed E-state index contributed by atoms with van der Waals surface area (Å²) in [7, 11) is 0. The zero-order valence-electron chi connectivity index (χ0n) is 18.6. The van der Waals surface area contributed by atoms with Gasteiger partial charge in [0.2, 0.25) is 0 Å². The van der Waals surface area contributed by atoms with E-state index in [-0.39, 0.29) is 4.08 Å². The van der Waals surface area contributed by atoms with Crippen molar-refractivity contribution in [3.05, 3.63) is 124 Å². The van der Waals surface area contributed by atoms with E-state index in [1.807, 2.05) is 0 Å². The van der Waals surface area contributed by atoms with Gasteiger partial charge in [-0.25, -0.2) is 0 Å². The van der Waals surface area contributed by atoms with Crippen molar-refractivity contribution in [2.75, 3.05) is 11.5 Å². The first-order valence-corrected chi connectivity index (χ1v) is 12.9. The predicted octanol–water partition coefficient (Wildman–Crippen LogP) is 8.32. The summed E-state index contributed by atoms with van der Waals surface area (Å²) in [5, 5.41) is 0. The number of hydrogen-bond acceptors (Lipinski definition) is 2. The maximum absolute atomic E-state index is 2.41. The van der Waals surface area contributed by atoms with Crippen LogP contribution in [0, 0.1) is 20.8 Å². The molecule has 0 N–H and O–H groups in total. The molecule has 1 heterocycles. The van der Waals surface area contributed by atoms with Crippen LogP contribution in [-0.4, -0.2) is 11.5 Å². The number of allylic oxidation sites excluding steroid dienone is 2. The molecule has 0 amide bonds. The lowest BCUT2D eigenvalue weighted by Crippen LogP contribution is -2.20. The van der Waals surface area contributed by atoms with Gasteiger partial charge >= 0.3 is 0 Å². The monoisotopic (exact) mass is 442 g/mol. The Morgan fingerprint density at radius 1 is 0.677 bits per heavy atom. The van der Waals surface area contributed by atoms with E-state index in [2.05, 4.69) is 135 Å². The number of thioether (sulfide) groups is 2. The molecule has 0 aliphatic carbocycles. The molecule has 0 saturated carbocycles. The normalized spacial score (nSPS) is 15.7. The van der Waals surface area contributed by atoms with E-state index < -0.39 is 0 Å². The fourth-order valence-corrected chi connectivity index (χ4v) is 6.94. The van der Waals surface area contributed by atoms with Crippen molar-refractivity contribution in [3.8, 4) is 0 Å². The van der Waals surface area contributed by atoms with Crippen molar-refractivity contribution in [2.24, 2.45) is 0 Å². The molecule has 0 atom stereocenters. The minimum absolute atomic E-state index is 0.00584. The van der Waals surface area contributed by atoms with E-state index in [0.717, 1.165) is 0 Å². The molecule has 3 aromatic rings. The van der Waals surface area contributed by atoms with Crippen LogP contribution in [0.25, 0.3) is 5.57 Å². The fourth-order valence-electron chi connectivity index (χ4n) is 3.79. The molecule has 0 radical (unpaired) electrons. The summed E-state index contributed by atoms with van der Waals surface area (Å²) < 4.78 is -0.00584. The van der Waals surface area contributed by atoms with Crippen LogP contribution in [0.5, 0.6) is 0 Å². The lowest BCUT2D eigenvalue weighted by Gasteiger charge is -2.34. The van der Waals surface area contributed by atoms with Crippen LogP contribution in [0.3, 0.4) is 0 Å². The first-order chi connectivity index (χ1) is 15.1. The predicted molar refractivity (Wildman–Crippen MR) is 141 cm³/mol. The van der Waals surface area contributed by atoms with E-state index in [0.29, 0.717) is 0 Å². The van der Waals surface area contributed by atoms with Gasteiger partial charge in [-0.1, -0.05) is 108 Å². The molecule has 1 aliphatic rings. The average Bonchev–Trinajstić information content (AvgIpc) is 2.79. The molecule has 3 aromatic carbocycles. The Kier molecular flexibility index (Phi) is 7.09. The van der Waals surface area contributed by atoms with Crippen LogP contribution >= 0.6 is 23.5 Å². The molecule has 2 heteroatoms. The Hall–Kier alpha value is -2.16. The maximum atomic E-state index is 2.41. The largest absolute Gasteiger partial charge is 0.135 e. The molecule has 0 spiro atoms. The molecule has 31 heavy (non-hydrogen) atoms. The van der Waals surface area contributed by atoms with Gasteiger partial charge in [-0.3, -0.25) is 0 Å². The van der Waals surface area contributed by atoms with E-state index >= 15 is 0 Å². The molecule has 1 fully saturated rings. The summed E-state index contributed by atoms with van der Waals surface area (Å²) >= 11 is 4.13. The molecule has 0 bridgehead atoms. The average molecular weight is 443 g/mol. The second-order valence-electron chi connectivity index (χ2n) is 8.26. The highest BCUT2D eigenvalue weighted by atomic mass is 32.2. The van der Waals surface area contributed by atoms with E-state index in [1.54, 1.807) is 0 Å². The van der Waals surface area contributed by atoms with Gasteiger partial charge in [0, 0.05) is 0 Å². The summed E-state index contributed by atoms with van der Waals surface area (Å²) in [6, 6.07) is 26.8. The molecule has 4 rings (SSSR count). The van der Waals surface area contributed by atoms with Crippen molar-refractivity contribution >= 4 is 29.1 Å². The van der Waals surface area contributed by atoms with Gasteiger partial charge in [0.05, 0.1) is 0 Å². The van der Waals surface area contributed by atoms with Crippen molar-refractivity contribution in [2.45, 2.75) is 31.3 Å². The summed E-state index contributed by atoms with van der Waals surface area (Å²) in [6.07, 6.45) is 8.26. The van der Waals surface area contributed by atoms with Crippen LogP contribution in [0.4, 0.5) is 0 Å². The van der Waals surface area contributed by atoms with Crippen LogP contribution in [-0.2, 0) is 4.08 Å². The highest BCUT2D eigenvalue weighted by molar-refractivity contribution is 8.18. The van der Waals surface area contributed by atoms with Gasteiger partial charge in [-0.2, -0.15) is 0 Å². The third kappa shape index (κ3) is 5.37. The Morgan fingerprint density at radius 3 is 1.61 bits per heavy atom. The SMILES string of the molecule is Cc1ccc(C(=C/C=C/C2(c3ccc(C)cc3)SCCCS2)c2ccc(C)cc2)cc1. The Balaban J connectivity index is 1.72. The zero-order chi connectivity index (χ0) is 21.7. The van der Waals surface area contributed by atoms with Crippen molar-refractivity contribution in [3.63, 3.8) is 0 Å². The van der Waals surface area contributed by atoms with Crippen molar-refractivity contribution in [1.82, 2.24) is 0 Å². The minimum atomic E-state index is -0.00584. The number of hydrogen-bond donors (Lipinski definition) is 0. The Morgan fingerprint density at radius 2 is 1.13 bits per heavy atom. The van der Waals surface area contributed by atoms with Gasteiger partial charge in [0.1, 0.15) is 4.08 Å². The number of rotatable bonds is 5. The number of aryl methyl sites for hydroxylation is 3. The molecule has 1 saturated heterocycles. The zero-order valence-corrected chi connectivity index (χ0v) is 20.2. The van der Waals surface area contributed by atoms with Crippen LogP contribution in [0.2, 0.25) is 0 Å². The standard InChI is InChI=1S/C29H30S2/c1-22-7-13-25(14-8-22)28(26-15-9-23(2)10-16-26)6-4-19-29(30-20-5-21-31-29)27-17-11-24(3)12-18-27/h4,6-19H,5,20-21H2,1-3H3/b19-4+. The lowest BCUT2D eigenvalue weighted by atomic mass is 9.96. The maximum Gasteiger partial charge on any atom is 0.105 e. The first kappa shape index (κ1) is 22.0. The molecular formula is C29H30S2. The van der Waals surface area contributed by atoms with Gasteiger partial charge < -0.3 is 0 Å².